The lowest BCUT2D eigenvalue weighted by atomic mass is 9.76. The first-order valence-corrected chi connectivity index (χ1v) is 14.6. The van der Waals surface area contributed by atoms with E-state index in [1.807, 2.05) is 30.3 Å². The first kappa shape index (κ1) is 26.4. The molecule has 0 fully saturated rings. The molecule has 3 aromatic rings. The van der Waals surface area contributed by atoms with Gasteiger partial charge in [-0.1, -0.05) is 65.0 Å². The number of nitrogens with zero attached hydrogens (tertiary/aromatic N) is 4. The lowest BCUT2D eigenvalue weighted by molar-refractivity contribution is -0.116. The highest BCUT2D eigenvalue weighted by Gasteiger charge is 2.41. The summed E-state index contributed by atoms with van der Waals surface area (Å²) in [6, 6.07) is 16.8. The first-order valence-electron chi connectivity index (χ1n) is 11.6. The van der Waals surface area contributed by atoms with Crippen LogP contribution in [0.3, 0.4) is 0 Å². The second-order valence-electron chi connectivity index (χ2n) is 8.50. The average Bonchev–Trinajstić information content (AvgIpc) is 3.37. The van der Waals surface area contributed by atoms with Crippen LogP contribution in [0.1, 0.15) is 30.7 Å². The lowest BCUT2D eigenvalue weighted by Crippen LogP contribution is -2.38. The van der Waals surface area contributed by atoms with Crippen LogP contribution >= 0.6 is 50.6 Å². The van der Waals surface area contributed by atoms with Gasteiger partial charge in [-0.3, -0.25) is 14.5 Å². The summed E-state index contributed by atoms with van der Waals surface area (Å²) in [6.07, 6.45) is 1.64. The van der Waals surface area contributed by atoms with Crippen LogP contribution in [-0.2, 0) is 9.59 Å². The van der Waals surface area contributed by atoms with Crippen molar-refractivity contribution in [3.63, 3.8) is 0 Å². The monoisotopic (exact) mass is 626 g/mol. The molecule has 192 valence electrons. The topological polar surface area (TPSA) is 125 Å². The van der Waals surface area contributed by atoms with Crippen LogP contribution in [0.25, 0.3) is 0 Å². The molecule has 1 atom stereocenters. The quantitative estimate of drug-likeness (QED) is 0.319. The number of hydrogen-bond donors (Lipinski definition) is 2. The Balaban J connectivity index is 1.44. The van der Waals surface area contributed by atoms with Crippen molar-refractivity contribution in [2.45, 2.75) is 29.5 Å². The molecule has 2 heterocycles. The maximum atomic E-state index is 13.2. The number of carbonyl (C=O) groups is 2. The van der Waals surface area contributed by atoms with E-state index in [0.717, 1.165) is 4.47 Å². The lowest BCUT2D eigenvalue weighted by Gasteiger charge is -2.38. The maximum absolute atomic E-state index is 13.2. The van der Waals surface area contributed by atoms with Crippen LogP contribution in [0.5, 0.6) is 0 Å². The summed E-state index contributed by atoms with van der Waals surface area (Å²) in [5.41, 5.74) is 9.41. The van der Waals surface area contributed by atoms with Crippen molar-refractivity contribution in [3.05, 3.63) is 86.3 Å². The van der Waals surface area contributed by atoms with Gasteiger partial charge < -0.3 is 11.1 Å². The van der Waals surface area contributed by atoms with Gasteiger partial charge in [0.15, 0.2) is 10.1 Å². The van der Waals surface area contributed by atoms with Gasteiger partial charge in [0.2, 0.25) is 11.0 Å². The zero-order chi connectivity index (χ0) is 26.8. The minimum atomic E-state index is -0.643. The van der Waals surface area contributed by atoms with Crippen molar-refractivity contribution in [2.24, 2.45) is 5.73 Å². The summed E-state index contributed by atoms with van der Waals surface area (Å²) in [7, 11) is 0. The highest BCUT2D eigenvalue weighted by Crippen LogP contribution is 2.48. The van der Waals surface area contributed by atoms with Crippen molar-refractivity contribution >= 4 is 73.1 Å². The van der Waals surface area contributed by atoms with Crippen molar-refractivity contribution in [3.8, 4) is 6.07 Å². The predicted molar refractivity (Wildman–Crippen MR) is 153 cm³/mol. The van der Waals surface area contributed by atoms with Gasteiger partial charge in [0.05, 0.1) is 29.0 Å². The third-order valence-electron chi connectivity index (χ3n) is 6.19. The molecule has 12 heteroatoms. The molecule has 2 aliphatic rings. The predicted octanol–water partition coefficient (Wildman–Crippen LogP) is 5.99. The van der Waals surface area contributed by atoms with Gasteiger partial charge in [-0.25, -0.2) is 0 Å². The maximum Gasteiger partial charge on any atom is 0.234 e. The van der Waals surface area contributed by atoms with E-state index in [2.05, 4.69) is 37.5 Å². The van der Waals surface area contributed by atoms with Crippen LogP contribution in [0, 0.1) is 11.3 Å². The summed E-state index contributed by atoms with van der Waals surface area (Å²) in [5.74, 6) is -0.538. The number of ketones is 1. The number of Topliss-reactive ketones (excluding diaryl/α,β-unsaturated/α-hetero) is 1. The molecule has 8 nitrogen and oxygen atoms in total. The van der Waals surface area contributed by atoms with E-state index < -0.39 is 5.92 Å². The molecule has 1 aliphatic carbocycles. The fourth-order valence-corrected chi connectivity index (χ4v) is 6.86. The normalized spacial score (nSPS) is 17.3. The van der Waals surface area contributed by atoms with Gasteiger partial charge in [-0.15, -0.1) is 10.2 Å². The van der Waals surface area contributed by atoms with Gasteiger partial charge in [-0.05, 0) is 52.5 Å². The molecule has 3 N–H and O–H groups in total. The van der Waals surface area contributed by atoms with Crippen LogP contribution in [0.2, 0.25) is 5.02 Å². The number of benzene rings is 2. The van der Waals surface area contributed by atoms with Crippen LogP contribution in [0.15, 0.2) is 80.0 Å². The first-order chi connectivity index (χ1) is 18.4. The Morgan fingerprint density at radius 2 is 2.00 bits per heavy atom. The summed E-state index contributed by atoms with van der Waals surface area (Å²) in [4.78, 5) is 27.4. The van der Waals surface area contributed by atoms with Crippen molar-refractivity contribution in [2.75, 3.05) is 16.0 Å². The molecule has 38 heavy (non-hydrogen) atoms. The molecular formula is C26H20BrClN6O2S2. The summed E-state index contributed by atoms with van der Waals surface area (Å²) >= 11 is 12.4. The van der Waals surface area contributed by atoms with Gasteiger partial charge in [0.25, 0.3) is 0 Å². The van der Waals surface area contributed by atoms with Gasteiger partial charge in [0.1, 0.15) is 5.82 Å². The number of thioether (sulfide) groups is 1. The van der Waals surface area contributed by atoms with E-state index in [1.165, 1.54) is 23.1 Å². The average molecular weight is 628 g/mol. The smallest absolute Gasteiger partial charge is 0.234 e. The number of nitrogens with two attached hydrogens (primary N) is 1. The van der Waals surface area contributed by atoms with Crippen LogP contribution in [-0.4, -0.2) is 27.6 Å². The van der Waals surface area contributed by atoms with Gasteiger partial charge in [0, 0.05) is 27.2 Å². The molecule has 1 unspecified atom stereocenters. The molecular weight excluding hydrogens is 608 g/mol. The number of allylic oxidation sites excluding steroid dienone is 3. The Kier molecular flexibility index (Phi) is 7.85. The molecule has 2 aromatic carbocycles. The Morgan fingerprint density at radius 3 is 2.76 bits per heavy atom. The third-order valence-corrected chi connectivity index (χ3v) is 9.27. The van der Waals surface area contributed by atoms with E-state index in [-0.39, 0.29) is 28.8 Å². The number of hydrogen-bond acceptors (Lipinski definition) is 9. The number of carbonyl (C=O) groups excluding carboxylic acids is 2. The standard InChI is InChI=1S/C26H20BrClN6O2S2/c27-16-7-2-4-9-18(16)31-21(36)13-37-26-33-32-25(38-26)34-19-10-5-11-20(35)23(19)22(15(12-29)24(34)30)14-6-1-3-8-17(14)28/h1-4,6-9,22H,5,10-11,13,30H2,(H,31,36). The number of nitriles is 1. The zero-order valence-electron chi connectivity index (χ0n) is 19.8. The number of para-hydroxylation sites is 1. The minimum absolute atomic E-state index is 0.0377. The summed E-state index contributed by atoms with van der Waals surface area (Å²) in [5, 5.41) is 22.4. The number of rotatable bonds is 6. The van der Waals surface area contributed by atoms with E-state index in [9.17, 15) is 14.9 Å². The highest BCUT2D eigenvalue weighted by atomic mass is 79.9. The van der Waals surface area contributed by atoms with Crippen molar-refractivity contribution in [1.29, 1.82) is 5.26 Å². The molecule has 5 rings (SSSR count). The second kappa shape index (κ2) is 11.3. The van der Waals surface area contributed by atoms with Gasteiger partial charge >= 0.3 is 0 Å². The van der Waals surface area contributed by atoms with E-state index in [4.69, 9.17) is 17.3 Å². The van der Waals surface area contributed by atoms with E-state index >= 15 is 0 Å². The second-order valence-corrected chi connectivity index (χ2v) is 11.9. The van der Waals surface area contributed by atoms with Crippen molar-refractivity contribution in [1.82, 2.24) is 10.2 Å². The molecule has 1 amide bonds. The zero-order valence-corrected chi connectivity index (χ0v) is 23.8. The number of anilines is 2. The molecule has 0 saturated heterocycles. The fourth-order valence-electron chi connectivity index (χ4n) is 4.55. The Bertz CT molecular complexity index is 1550. The molecule has 0 radical (unpaired) electrons. The van der Waals surface area contributed by atoms with E-state index in [0.29, 0.717) is 56.3 Å². The summed E-state index contributed by atoms with van der Waals surface area (Å²) < 4.78 is 1.35. The SMILES string of the molecule is N#CC1=C(N)N(c2nnc(SCC(=O)Nc3ccccc3Br)s2)C2=C(C(=O)CCC2)C1c1ccccc1Cl. The Hall–Kier alpha value is -3.17. The van der Waals surface area contributed by atoms with Crippen LogP contribution in [0.4, 0.5) is 10.8 Å². The fraction of sp³-hybridized carbons (Fsp3) is 0.192. The molecule has 0 spiro atoms. The number of aromatic nitrogens is 2. The molecule has 0 bridgehead atoms. The van der Waals surface area contributed by atoms with E-state index in [1.54, 1.807) is 23.1 Å². The van der Waals surface area contributed by atoms with Gasteiger partial charge in [-0.2, -0.15) is 5.26 Å². The van der Waals surface area contributed by atoms with Crippen molar-refractivity contribution < 1.29 is 9.59 Å². The molecule has 1 aliphatic heterocycles. The van der Waals surface area contributed by atoms with Crippen LogP contribution < -0.4 is 16.0 Å². The third kappa shape index (κ3) is 5.09. The highest BCUT2D eigenvalue weighted by molar-refractivity contribution is 9.10. The number of halogens is 2. The number of nitrogens with one attached hydrogen (secondary N) is 1. The molecule has 0 saturated carbocycles. The minimum Gasteiger partial charge on any atom is -0.384 e. The Labute approximate surface area is 240 Å². The Morgan fingerprint density at radius 1 is 1.24 bits per heavy atom. The molecule has 1 aromatic heterocycles. The number of amides is 1. The summed E-state index contributed by atoms with van der Waals surface area (Å²) in [6.45, 7) is 0. The largest absolute Gasteiger partial charge is 0.384 e.